The third-order valence-corrected chi connectivity index (χ3v) is 9.00. The molecule has 0 fully saturated rings. The minimum atomic E-state index is -3.93. The molecule has 10 heteroatoms. The zero-order valence-corrected chi connectivity index (χ0v) is 24.4. The molecule has 8 nitrogen and oxygen atoms in total. The number of hydrogen-bond donors (Lipinski definition) is 1. The molecule has 1 aromatic heterocycles. The highest BCUT2D eigenvalue weighted by molar-refractivity contribution is 7.54. The van der Waals surface area contributed by atoms with E-state index in [1.165, 1.54) is 17.9 Å². The fraction of sp³-hybridized carbons (Fsp3) is 0.188. The van der Waals surface area contributed by atoms with Crippen molar-refractivity contribution in [3.05, 3.63) is 114 Å². The number of nitrogens with zero attached hydrogens (tertiary/aromatic N) is 2. The third-order valence-electron chi connectivity index (χ3n) is 6.72. The second kappa shape index (κ2) is 12.7. The number of nitrogens with one attached hydrogen (secondary N) is 1. The quantitative estimate of drug-likeness (QED) is 0.161. The predicted molar refractivity (Wildman–Crippen MR) is 161 cm³/mol. The average molecular weight is 588 g/mol. The van der Waals surface area contributed by atoms with E-state index in [2.05, 4.69) is 10.4 Å². The smallest absolute Gasteiger partial charge is 0.357 e. The van der Waals surface area contributed by atoms with Gasteiger partial charge in [0.15, 0.2) is 11.5 Å². The Morgan fingerprint density at radius 3 is 2.33 bits per heavy atom. The molecule has 0 saturated heterocycles. The number of ether oxygens (including phenoxy) is 1. The maximum atomic E-state index is 15.1. The standard InChI is InChI=1S/C32H31FN3O5P/c1-4-40-42(38,41-5-2)32(25-16-8-11-20-30(25)39-3)34-31(37)27-21-29(36(35-27)28-19-10-9-18-26(28)33)24-17-12-14-22-13-6-7-15-23(22)24/h6-21,32H,4-5H2,1-3H3,(H,34,37). The maximum absolute atomic E-state index is 15.1. The number of hydrogen-bond acceptors (Lipinski definition) is 6. The summed E-state index contributed by atoms with van der Waals surface area (Å²) in [5.41, 5.74) is 1.85. The molecule has 1 atom stereocenters. The molecular formula is C32H31FN3O5P. The predicted octanol–water partition coefficient (Wildman–Crippen LogP) is 7.53. The van der Waals surface area contributed by atoms with Crippen molar-refractivity contribution in [3.8, 4) is 22.7 Å². The molecule has 216 valence electrons. The molecule has 5 rings (SSSR count). The van der Waals surface area contributed by atoms with E-state index in [9.17, 15) is 9.36 Å². The van der Waals surface area contributed by atoms with Gasteiger partial charge in [-0.05, 0) is 48.9 Å². The van der Waals surface area contributed by atoms with Gasteiger partial charge in [0.05, 0.1) is 26.0 Å². The van der Waals surface area contributed by atoms with Crippen LogP contribution in [0.2, 0.25) is 0 Å². The lowest BCUT2D eigenvalue weighted by molar-refractivity contribution is 0.0931. The Bertz CT molecular complexity index is 1760. The summed E-state index contributed by atoms with van der Waals surface area (Å²) in [6.45, 7) is 3.57. The SMILES string of the molecule is CCOP(=O)(OCC)C(NC(=O)c1cc(-c2cccc3ccccc23)n(-c2ccccc2F)n1)c1ccccc1OC. The van der Waals surface area contributed by atoms with Gasteiger partial charge in [-0.1, -0.05) is 72.8 Å². The molecule has 0 saturated carbocycles. The number of carbonyl (C=O) groups is 1. The number of aromatic nitrogens is 2. The first-order chi connectivity index (χ1) is 20.4. The van der Waals surface area contributed by atoms with Crippen molar-refractivity contribution < 1.29 is 27.5 Å². The fourth-order valence-corrected chi connectivity index (χ4v) is 6.83. The molecule has 42 heavy (non-hydrogen) atoms. The Hall–Kier alpha value is -4.30. The van der Waals surface area contributed by atoms with Crippen LogP contribution in [0.15, 0.2) is 97.1 Å². The van der Waals surface area contributed by atoms with Gasteiger partial charge in [-0.3, -0.25) is 9.36 Å². The van der Waals surface area contributed by atoms with Crippen LogP contribution in [0.5, 0.6) is 5.75 Å². The Morgan fingerprint density at radius 2 is 1.60 bits per heavy atom. The first kappa shape index (κ1) is 29.2. The van der Waals surface area contributed by atoms with E-state index in [0.29, 0.717) is 17.0 Å². The topological polar surface area (TPSA) is 91.7 Å². The second-order valence-electron chi connectivity index (χ2n) is 9.30. The summed E-state index contributed by atoms with van der Waals surface area (Å²) >= 11 is 0. The van der Waals surface area contributed by atoms with Crippen LogP contribution in [-0.2, 0) is 13.6 Å². The van der Waals surface area contributed by atoms with Gasteiger partial charge in [-0.2, -0.15) is 5.10 Å². The van der Waals surface area contributed by atoms with Crippen molar-refractivity contribution in [2.75, 3.05) is 20.3 Å². The maximum Gasteiger partial charge on any atom is 0.357 e. The van der Waals surface area contributed by atoms with Crippen LogP contribution in [0.25, 0.3) is 27.7 Å². The van der Waals surface area contributed by atoms with Crippen molar-refractivity contribution in [2.24, 2.45) is 0 Å². The number of halogens is 1. The minimum Gasteiger partial charge on any atom is -0.496 e. The van der Waals surface area contributed by atoms with Crippen molar-refractivity contribution in [2.45, 2.75) is 19.6 Å². The number of amides is 1. The van der Waals surface area contributed by atoms with Gasteiger partial charge in [0.2, 0.25) is 0 Å². The average Bonchev–Trinajstić information content (AvgIpc) is 3.45. The number of rotatable bonds is 11. The van der Waals surface area contributed by atoms with Crippen molar-refractivity contribution in [1.29, 1.82) is 0 Å². The third kappa shape index (κ3) is 5.72. The zero-order valence-electron chi connectivity index (χ0n) is 23.5. The van der Waals surface area contributed by atoms with Gasteiger partial charge in [-0.25, -0.2) is 9.07 Å². The molecule has 0 aliphatic carbocycles. The summed E-state index contributed by atoms with van der Waals surface area (Å²) in [6.07, 6.45) is 0. The highest BCUT2D eigenvalue weighted by Gasteiger charge is 2.40. The summed E-state index contributed by atoms with van der Waals surface area (Å²) in [5, 5.41) is 9.27. The van der Waals surface area contributed by atoms with E-state index in [1.54, 1.807) is 62.4 Å². The second-order valence-corrected chi connectivity index (χ2v) is 11.4. The van der Waals surface area contributed by atoms with E-state index in [0.717, 1.165) is 16.3 Å². The Labute approximate surface area is 243 Å². The van der Waals surface area contributed by atoms with Gasteiger partial charge in [0.1, 0.15) is 17.3 Å². The monoisotopic (exact) mass is 587 g/mol. The lowest BCUT2D eigenvalue weighted by Gasteiger charge is -2.28. The summed E-state index contributed by atoms with van der Waals surface area (Å²) in [4.78, 5) is 13.9. The first-order valence-electron chi connectivity index (χ1n) is 13.6. The molecular weight excluding hydrogens is 556 g/mol. The van der Waals surface area contributed by atoms with E-state index < -0.39 is 25.1 Å². The molecule has 1 heterocycles. The van der Waals surface area contributed by atoms with Crippen LogP contribution in [0.4, 0.5) is 4.39 Å². The van der Waals surface area contributed by atoms with E-state index in [1.807, 2.05) is 42.5 Å². The van der Waals surface area contributed by atoms with E-state index >= 15 is 4.39 Å². The van der Waals surface area contributed by atoms with Crippen LogP contribution in [0.3, 0.4) is 0 Å². The largest absolute Gasteiger partial charge is 0.496 e. The molecule has 0 aliphatic heterocycles. The summed E-state index contributed by atoms with van der Waals surface area (Å²) in [5.74, 6) is -1.96. The number of carbonyl (C=O) groups excluding carboxylic acids is 1. The van der Waals surface area contributed by atoms with Crippen molar-refractivity contribution in [1.82, 2.24) is 15.1 Å². The number of methoxy groups -OCH3 is 1. The molecule has 0 aliphatic rings. The van der Waals surface area contributed by atoms with Gasteiger partial charge in [-0.15, -0.1) is 0 Å². The van der Waals surface area contributed by atoms with Gasteiger partial charge < -0.3 is 19.1 Å². The minimum absolute atomic E-state index is 0.0133. The normalized spacial score (nSPS) is 12.3. The van der Waals surface area contributed by atoms with Crippen LogP contribution in [-0.4, -0.2) is 36.0 Å². The fourth-order valence-electron chi connectivity index (χ4n) is 4.90. The van der Waals surface area contributed by atoms with Crippen LogP contribution in [0, 0.1) is 5.82 Å². The molecule has 4 aromatic carbocycles. The highest BCUT2D eigenvalue weighted by Crippen LogP contribution is 2.60. The summed E-state index contributed by atoms with van der Waals surface area (Å²) in [6, 6.07) is 28.3. The Morgan fingerprint density at radius 1 is 0.929 bits per heavy atom. The summed E-state index contributed by atoms with van der Waals surface area (Å²) < 4.78 is 47.4. The van der Waals surface area contributed by atoms with Gasteiger partial charge in [0, 0.05) is 11.1 Å². The Kier molecular flexibility index (Phi) is 8.83. The van der Waals surface area contributed by atoms with E-state index in [-0.39, 0.29) is 24.6 Å². The molecule has 1 N–H and O–H groups in total. The highest BCUT2D eigenvalue weighted by atomic mass is 31.2. The number of para-hydroxylation sites is 2. The van der Waals surface area contributed by atoms with Gasteiger partial charge >= 0.3 is 7.60 Å². The van der Waals surface area contributed by atoms with Crippen LogP contribution < -0.4 is 10.1 Å². The molecule has 1 amide bonds. The molecule has 1 unspecified atom stereocenters. The lowest BCUT2D eigenvalue weighted by Crippen LogP contribution is -2.30. The van der Waals surface area contributed by atoms with Crippen molar-refractivity contribution in [3.63, 3.8) is 0 Å². The molecule has 0 bridgehead atoms. The summed E-state index contributed by atoms with van der Waals surface area (Å²) in [7, 11) is -2.45. The van der Waals surface area contributed by atoms with Crippen LogP contribution >= 0.6 is 7.60 Å². The van der Waals surface area contributed by atoms with E-state index in [4.69, 9.17) is 13.8 Å². The lowest BCUT2D eigenvalue weighted by atomic mass is 10.0. The molecule has 0 spiro atoms. The Balaban J connectivity index is 1.65. The number of fused-ring (bicyclic) bond motifs is 1. The first-order valence-corrected chi connectivity index (χ1v) is 15.2. The zero-order chi connectivity index (χ0) is 29.7. The van der Waals surface area contributed by atoms with Crippen molar-refractivity contribution >= 4 is 24.3 Å². The number of benzene rings is 4. The van der Waals surface area contributed by atoms with Gasteiger partial charge in [0.25, 0.3) is 5.91 Å². The molecule has 0 radical (unpaired) electrons. The van der Waals surface area contributed by atoms with Crippen LogP contribution in [0.1, 0.15) is 35.7 Å². The molecule has 5 aromatic rings.